The lowest BCUT2D eigenvalue weighted by Gasteiger charge is -2.22. The number of fused-ring (bicyclic) bond motifs is 3. The molecule has 2 aromatic carbocycles. The standard InChI is InChI=1S/C17H17N/c1-17(2,3)14-9-6-10-15-16(14)13-8-5-4-7-12(13)11-18-15/h4-11H,1-3H3. The quantitative estimate of drug-likeness (QED) is 0.515. The average Bonchev–Trinajstić information content (AvgIpc) is 2.36. The van der Waals surface area contributed by atoms with Gasteiger partial charge in [-0.15, -0.1) is 0 Å². The lowest BCUT2D eigenvalue weighted by Crippen LogP contribution is -2.11. The summed E-state index contributed by atoms with van der Waals surface area (Å²) in [5, 5.41) is 3.80. The van der Waals surface area contributed by atoms with Gasteiger partial charge in [0.1, 0.15) is 0 Å². The number of pyridine rings is 1. The van der Waals surface area contributed by atoms with Gasteiger partial charge in [0.25, 0.3) is 0 Å². The van der Waals surface area contributed by atoms with E-state index in [0.29, 0.717) is 0 Å². The normalized spacial score (nSPS) is 12.2. The summed E-state index contributed by atoms with van der Waals surface area (Å²) in [7, 11) is 0. The van der Waals surface area contributed by atoms with Crippen molar-refractivity contribution in [2.45, 2.75) is 26.2 Å². The molecule has 0 unspecified atom stereocenters. The molecular weight excluding hydrogens is 218 g/mol. The molecule has 18 heavy (non-hydrogen) atoms. The molecular formula is C17H17N. The average molecular weight is 235 g/mol. The molecule has 0 radical (unpaired) electrons. The molecule has 0 bridgehead atoms. The van der Waals surface area contributed by atoms with E-state index in [1.807, 2.05) is 6.20 Å². The minimum atomic E-state index is 0.130. The van der Waals surface area contributed by atoms with Crippen LogP contribution in [0.15, 0.2) is 48.7 Å². The van der Waals surface area contributed by atoms with Gasteiger partial charge in [0.05, 0.1) is 5.52 Å². The largest absolute Gasteiger partial charge is 0.256 e. The second-order valence-corrected chi connectivity index (χ2v) is 5.80. The molecule has 0 atom stereocenters. The highest BCUT2D eigenvalue weighted by atomic mass is 14.6. The summed E-state index contributed by atoms with van der Waals surface area (Å²) >= 11 is 0. The van der Waals surface area contributed by atoms with Crippen LogP contribution in [0.1, 0.15) is 26.3 Å². The third-order valence-corrected chi connectivity index (χ3v) is 3.42. The van der Waals surface area contributed by atoms with E-state index in [0.717, 1.165) is 5.52 Å². The zero-order chi connectivity index (χ0) is 12.8. The molecule has 0 saturated heterocycles. The van der Waals surface area contributed by atoms with Gasteiger partial charge >= 0.3 is 0 Å². The van der Waals surface area contributed by atoms with Crippen molar-refractivity contribution in [1.29, 1.82) is 0 Å². The number of benzene rings is 2. The number of rotatable bonds is 0. The first-order valence-electron chi connectivity index (χ1n) is 6.34. The van der Waals surface area contributed by atoms with Crippen molar-refractivity contribution < 1.29 is 0 Å². The second-order valence-electron chi connectivity index (χ2n) is 5.80. The number of hydrogen-bond acceptors (Lipinski definition) is 1. The molecule has 3 rings (SSSR count). The van der Waals surface area contributed by atoms with Crippen molar-refractivity contribution in [3.8, 4) is 0 Å². The van der Waals surface area contributed by atoms with E-state index >= 15 is 0 Å². The molecule has 0 saturated carbocycles. The van der Waals surface area contributed by atoms with E-state index in [2.05, 4.69) is 68.2 Å². The van der Waals surface area contributed by atoms with Crippen LogP contribution in [-0.2, 0) is 5.41 Å². The van der Waals surface area contributed by atoms with E-state index in [-0.39, 0.29) is 5.41 Å². The van der Waals surface area contributed by atoms with E-state index < -0.39 is 0 Å². The van der Waals surface area contributed by atoms with Crippen molar-refractivity contribution in [3.05, 3.63) is 54.2 Å². The van der Waals surface area contributed by atoms with Gasteiger partial charge in [-0.1, -0.05) is 57.2 Å². The Bertz CT molecular complexity index is 720. The Labute approximate surface area is 107 Å². The highest BCUT2D eigenvalue weighted by Gasteiger charge is 2.18. The molecule has 0 N–H and O–H groups in total. The molecule has 0 spiro atoms. The zero-order valence-electron chi connectivity index (χ0n) is 11.1. The van der Waals surface area contributed by atoms with Crippen molar-refractivity contribution >= 4 is 21.7 Å². The number of hydrogen-bond donors (Lipinski definition) is 0. The molecule has 1 heteroatoms. The van der Waals surface area contributed by atoms with E-state index in [1.54, 1.807) is 0 Å². The Kier molecular flexibility index (Phi) is 2.37. The number of aromatic nitrogens is 1. The minimum Gasteiger partial charge on any atom is -0.256 e. The fourth-order valence-electron chi connectivity index (χ4n) is 2.53. The fourth-order valence-corrected chi connectivity index (χ4v) is 2.53. The molecule has 90 valence electrons. The van der Waals surface area contributed by atoms with Gasteiger partial charge in [0.15, 0.2) is 0 Å². The number of nitrogens with zero attached hydrogens (tertiary/aromatic N) is 1. The molecule has 0 amide bonds. The van der Waals surface area contributed by atoms with Gasteiger partial charge in [-0.25, -0.2) is 0 Å². The zero-order valence-corrected chi connectivity index (χ0v) is 11.1. The highest BCUT2D eigenvalue weighted by molar-refractivity contribution is 6.07. The topological polar surface area (TPSA) is 12.9 Å². The molecule has 0 aliphatic carbocycles. The summed E-state index contributed by atoms with van der Waals surface area (Å²) in [6.07, 6.45) is 1.96. The van der Waals surface area contributed by atoms with Gasteiger partial charge in [-0.2, -0.15) is 0 Å². The maximum atomic E-state index is 4.58. The Morgan fingerprint density at radius 1 is 0.889 bits per heavy atom. The minimum absolute atomic E-state index is 0.130. The van der Waals surface area contributed by atoms with E-state index in [1.165, 1.54) is 21.7 Å². The molecule has 1 aromatic heterocycles. The lowest BCUT2D eigenvalue weighted by atomic mass is 9.83. The van der Waals surface area contributed by atoms with Crippen molar-refractivity contribution in [3.63, 3.8) is 0 Å². The SMILES string of the molecule is CC(C)(C)c1cccc2ncc3ccccc3c12. The molecule has 0 aliphatic rings. The smallest absolute Gasteiger partial charge is 0.0711 e. The maximum absolute atomic E-state index is 4.58. The van der Waals surface area contributed by atoms with Crippen LogP contribution in [-0.4, -0.2) is 4.98 Å². The maximum Gasteiger partial charge on any atom is 0.0711 e. The summed E-state index contributed by atoms with van der Waals surface area (Å²) in [5.74, 6) is 0. The van der Waals surface area contributed by atoms with E-state index in [9.17, 15) is 0 Å². The third kappa shape index (κ3) is 1.67. The van der Waals surface area contributed by atoms with Gasteiger partial charge in [0, 0.05) is 17.0 Å². The van der Waals surface area contributed by atoms with Crippen LogP contribution in [0.5, 0.6) is 0 Å². The summed E-state index contributed by atoms with van der Waals surface area (Å²) in [6.45, 7) is 6.76. The van der Waals surface area contributed by atoms with Crippen molar-refractivity contribution in [1.82, 2.24) is 4.98 Å². The Morgan fingerprint density at radius 3 is 2.44 bits per heavy atom. The predicted octanol–water partition coefficient (Wildman–Crippen LogP) is 4.69. The molecule has 0 aliphatic heterocycles. The Balaban J connectivity index is 2.55. The monoisotopic (exact) mass is 235 g/mol. The summed E-state index contributed by atoms with van der Waals surface area (Å²) in [6, 6.07) is 14.9. The highest BCUT2D eigenvalue weighted by Crippen LogP contribution is 2.33. The van der Waals surface area contributed by atoms with Crippen molar-refractivity contribution in [2.24, 2.45) is 0 Å². The van der Waals surface area contributed by atoms with Gasteiger partial charge < -0.3 is 0 Å². The van der Waals surface area contributed by atoms with Crippen LogP contribution in [0.3, 0.4) is 0 Å². The van der Waals surface area contributed by atoms with Crippen LogP contribution in [0, 0.1) is 0 Å². The van der Waals surface area contributed by atoms with Crippen LogP contribution in [0.4, 0.5) is 0 Å². The first-order valence-corrected chi connectivity index (χ1v) is 6.34. The van der Waals surface area contributed by atoms with Gasteiger partial charge in [-0.3, -0.25) is 4.98 Å². The summed E-state index contributed by atoms with van der Waals surface area (Å²) in [4.78, 5) is 4.58. The Hall–Kier alpha value is -1.89. The lowest BCUT2D eigenvalue weighted by molar-refractivity contribution is 0.596. The van der Waals surface area contributed by atoms with Crippen LogP contribution >= 0.6 is 0 Å². The first-order chi connectivity index (χ1) is 8.57. The second kappa shape index (κ2) is 3.81. The van der Waals surface area contributed by atoms with Crippen molar-refractivity contribution in [2.75, 3.05) is 0 Å². The summed E-state index contributed by atoms with van der Waals surface area (Å²) in [5.41, 5.74) is 2.58. The summed E-state index contributed by atoms with van der Waals surface area (Å²) < 4.78 is 0. The van der Waals surface area contributed by atoms with Gasteiger partial charge in [0.2, 0.25) is 0 Å². The van der Waals surface area contributed by atoms with Crippen LogP contribution in [0.25, 0.3) is 21.7 Å². The first kappa shape index (κ1) is 11.2. The molecule has 1 nitrogen and oxygen atoms in total. The fraction of sp³-hybridized carbons (Fsp3) is 0.235. The molecule has 0 fully saturated rings. The molecule has 3 aromatic rings. The predicted molar refractivity (Wildman–Crippen MR) is 77.9 cm³/mol. The Morgan fingerprint density at radius 2 is 1.67 bits per heavy atom. The van der Waals surface area contributed by atoms with Gasteiger partial charge in [-0.05, 0) is 22.4 Å². The van der Waals surface area contributed by atoms with Crippen LogP contribution < -0.4 is 0 Å². The van der Waals surface area contributed by atoms with E-state index in [4.69, 9.17) is 0 Å². The molecule has 1 heterocycles. The van der Waals surface area contributed by atoms with Crippen LogP contribution in [0.2, 0.25) is 0 Å². The third-order valence-electron chi connectivity index (χ3n) is 3.42.